The molecule has 1 aliphatic carbocycles. The van der Waals surface area contributed by atoms with E-state index in [4.69, 9.17) is 0 Å². The Labute approximate surface area is 182 Å². The molecule has 1 fully saturated rings. The number of fused-ring (bicyclic) bond motifs is 1. The van der Waals surface area contributed by atoms with Crippen LogP contribution in [0.5, 0.6) is 0 Å². The van der Waals surface area contributed by atoms with Gasteiger partial charge in [-0.15, -0.1) is 0 Å². The average Bonchev–Trinajstić information content (AvgIpc) is 3.30. The van der Waals surface area contributed by atoms with Crippen molar-refractivity contribution in [2.45, 2.75) is 32.2 Å². The Morgan fingerprint density at radius 2 is 1.77 bits per heavy atom. The van der Waals surface area contributed by atoms with E-state index in [0.717, 1.165) is 55.5 Å². The van der Waals surface area contributed by atoms with E-state index in [9.17, 15) is 4.39 Å². The zero-order valence-electron chi connectivity index (χ0n) is 17.9. The number of benzene rings is 2. The van der Waals surface area contributed by atoms with E-state index >= 15 is 0 Å². The highest BCUT2D eigenvalue weighted by atomic mass is 19.1. The summed E-state index contributed by atoms with van der Waals surface area (Å²) < 4.78 is 13.2. The Morgan fingerprint density at radius 3 is 2.58 bits per heavy atom. The first-order valence-electron chi connectivity index (χ1n) is 11.1. The van der Waals surface area contributed by atoms with E-state index in [1.807, 2.05) is 18.2 Å². The van der Waals surface area contributed by atoms with Gasteiger partial charge in [0.25, 0.3) is 0 Å². The van der Waals surface area contributed by atoms with Gasteiger partial charge in [-0.1, -0.05) is 24.3 Å². The van der Waals surface area contributed by atoms with Crippen LogP contribution in [0.4, 0.5) is 21.7 Å². The Kier molecular flexibility index (Phi) is 5.55. The van der Waals surface area contributed by atoms with Crippen molar-refractivity contribution in [1.82, 2.24) is 14.9 Å². The van der Waals surface area contributed by atoms with Gasteiger partial charge in [-0.05, 0) is 61.1 Å². The third kappa shape index (κ3) is 4.26. The van der Waals surface area contributed by atoms with Crippen LogP contribution in [0.1, 0.15) is 36.1 Å². The van der Waals surface area contributed by atoms with Crippen LogP contribution in [0.2, 0.25) is 0 Å². The van der Waals surface area contributed by atoms with Crippen molar-refractivity contribution in [1.29, 1.82) is 0 Å². The number of aryl methyl sites for hydroxylation is 1. The van der Waals surface area contributed by atoms with Crippen molar-refractivity contribution < 1.29 is 4.39 Å². The SMILES string of the molecule is CC(c1ccc(F)cc1)N1CCN(c2cc(Nc3cccc4c3CCC4)ncn2)CC1. The molecule has 160 valence electrons. The third-order valence-corrected chi connectivity index (χ3v) is 6.60. The number of anilines is 3. The number of rotatable bonds is 5. The summed E-state index contributed by atoms with van der Waals surface area (Å²) in [5.74, 6) is 1.61. The summed E-state index contributed by atoms with van der Waals surface area (Å²) in [6.07, 6.45) is 5.17. The summed E-state index contributed by atoms with van der Waals surface area (Å²) in [7, 11) is 0. The molecule has 1 aromatic heterocycles. The molecule has 2 aliphatic rings. The van der Waals surface area contributed by atoms with Gasteiger partial charge in [-0.2, -0.15) is 0 Å². The van der Waals surface area contributed by atoms with E-state index in [2.05, 4.69) is 50.2 Å². The van der Waals surface area contributed by atoms with Crippen LogP contribution in [-0.2, 0) is 12.8 Å². The summed E-state index contributed by atoms with van der Waals surface area (Å²) in [4.78, 5) is 13.7. The smallest absolute Gasteiger partial charge is 0.135 e. The molecule has 5 nitrogen and oxygen atoms in total. The molecule has 1 saturated heterocycles. The van der Waals surface area contributed by atoms with Gasteiger partial charge in [0.1, 0.15) is 23.8 Å². The highest BCUT2D eigenvalue weighted by molar-refractivity contribution is 5.65. The maximum absolute atomic E-state index is 13.2. The van der Waals surface area contributed by atoms with Gasteiger partial charge in [-0.3, -0.25) is 4.90 Å². The van der Waals surface area contributed by atoms with Crippen LogP contribution >= 0.6 is 0 Å². The molecule has 1 atom stereocenters. The van der Waals surface area contributed by atoms with E-state index in [-0.39, 0.29) is 11.9 Å². The highest BCUT2D eigenvalue weighted by Crippen LogP contribution is 2.31. The van der Waals surface area contributed by atoms with Gasteiger partial charge in [0, 0.05) is 44.0 Å². The summed E-state index contributed by atoms with van der Waals surface area (Å²) in [6, 6.07) is 15.7. The zero-order chi connectivity index (χ0) is 21.2. The van der Waals surface area contributed by atoms with Crippen LogP contribution < -0.4 is 10.2 Å². The van der Waals surface area contributed by atoms with Crippen LogP contribution in [0.15, 0.2) is 54.9 Å². The molecule has 0 bridgehead atoms. The lowest BCUT2D eigenvalue weighted by Gasteiger charge is -2.38. The molecular formula is C25H28FN5. The van der Waals surface area contributed by atoms with E-state index < -0.39 is 0 Å². The van der Waals surface area contributed by atoms with Gasteiger partial charge in [0.15, 0.2) is 0 Å². The van der Waals surface area contributed by atoms with E-state index in [1.54, 1.807) is 18.5 Å². The monoisotopic (exact) mass is 417 g/mol. The molecule has 1 aliphatic heterocycles. The minimum Gasteiger partial charge on any atom is -0.354 e. The number of halogens is 1. The van der Waals surface area contributed by atoms with E-state index in [1.165, 1.54) is 24.0 Å². The third-order valence-electron chi connectivity index (χ3n) is 6.60. The predicted octanol–water partition coefficient (Wildman–Crippen LogP) is 4.73. The van der Waals surface area contributed by atoms with Crippen molar-refractivity contribution in [2.75, 3.05) is 36.4 Å². The fourth-order valence-corrected chi connectivity index (χ4v) is 4.75. The lowest BCUT2D eigenvalue weighted by Crippen LogP contribution is -2.47. The number of aromatic nitrogens is 2. The molecule has 6 heteroatoms. The van der Waals surface area contributed by atoms with Crippen LogP contribution in [0, 0.1) is 5.82 Å². The molecule has 31 heavy (non-hydrogen) atoms. The van der Waals surface area contributed by atoms with Gasteiger partial charge in [0.05, 0.1) is 0 Å². The minimum atomic E-state index is -0.186. The second kappa shape index (κ2) is 8.63. The standard InChI is InChI=1S/C25H28FN5/c1-18(19-8-10-21(26)11-9-19)30-12-14-31(15-13-30)25-16-24(27-17-28-25)29-23-7-3-5-20-4-2-6-22(20)23/h3,5,7-11,16-18H,2,4,6,12-15H2,1H3,(H,27,28,29). The Bertz CT molecular complexity index is 1040. The van der Waals surface area contributed by atoms with Gasteiger partial charge in [0.2, 0.25) is 0 Å². The minimum absolute atomic E-state index is 0.186. The largest absolute Gasteiger partial charge is 0.354 e. The summed E-state index contributed by atoms with van der Waals surface area (Å²) in [6.45, 7) is 5.88. The number of nitrogens with zero attached hydrogens (tertiary/aromatic N) is 4. The van der Waals surface area contributed by atoms with Crippen molar-refractivity contribution >= 4 is 17.3 Å². The first-order chi connectivity index (χ1) is 15.2. The summed E-state index contributed by atoms with van der Waals surface area (Å²) in [5, 5.41) is 3.52. The van der Waals surface area contributed by atoms with Gasteiger partial charge >= 0.3 is 0 Å². The fourth-order valence-electron chi connectivity index (χ4n) is 4.75. The molecule has 0 amide bonds. The molecule has 1 N–H and O–H groups in total. The van der Waals surface area contributed by atoms with Crippen LogP contribution in [-0.4, -0.2) is 41.0 Å². The molecule has 0 saturated carbocycles. The Morgan fingerprint density at radius 1 is 0.968 bits per heavy atom. The van der Waals surface area contributed by atoms with Gasteiger partial charge in [-0.25, -0.2) is 14.4 Å². The second-order valence-corrected chi connectivity index (χ2v) is 8.43. The van der Waals surface area contributed by atoms with Crippen molar-refractivity contribution in [2.24, 2.45) is 0 Å². The zero-order valence-corrected chi connectivity index (χ0v) is 17.9. The van der Waals surface area contributed by atoms with Crippen LogP contribution in [0.3, 0.4) is 0 Å². The maximum atomic E-state index is 13.2. The highest BCUT2D eigenvalue weighted by Gasteiger charge is 2.23. The lowest BCUT2D eigenvalue weighted by molar-refractivity contribution is 0.198. The summed E-state index contributed by atoms with van der Waals surface area (Å²) >= 11 is 0. The van der Waals surface area contributed by atoms with Crippen LogP contribution in [0.25, 0.3) is 0 Å². The number of nitrogens with one attached hydrogen (secondary N) is 1. The topological polar surface area (TPSA) is 44.3 Å². The molecule has 1 unspecified atom stereocenters. The predicted molar refractivity (Wildman–Crippen MR) is 122 cm³/mol. The Balaban J connectivity index is 1.24. The summed E-state index contributed by atoms with van der Waals surface area (Å²) in [5.41, 5.74) is 5.19. The average molecular weight is 418 g/mol. The van der Waals surface area contributed by atoms with E-state index in [0.29, 0.717) is 0 Å². The molecule has 0 spiro atoms. The van der Waals surface area contributed by atoms with Crippen molar-refractivity contribution in [3.8, 4) is 0 Å². The van der Waals surface area contributed by atoms with Crippen molar-refractivity contribution in [3.63, 3.8) is 0 Å². The first-order valence-corrected chi connectivity index (χ1v) is 11.1. The number of hydrogen-bond donors (Lipinski definition) is 1. The molecule has 0 radical (unpaired) electrons. The fraction of sp³-hybridized carbons (Fsp3) is 0.360. The molecule has 2 heterocycles. The second-order valence-electron chi connectivity index (χ2n) is 8.43. The lowest BCUT2D eigenvalue weighted by atomic mass is 10.1. The van der Waals surface area contributed by atoms with Gasteiger partial charge < -0.3 is 10.2 Å². The molecule has 5 rings (SSSR count). The molecule has 3 aromatic rings. The van der Waals surface area contributed by atoms with Crippen molar-refractivity contribution in [3.05, 3.63) is 77.4 Å². The molecule has 2 aromatic carbocycles. The maximum Gasteiger partial charge on any atom is 0.135 e. The number of hydrogen-bond acceptors (Lipinski definition) is 5. The molecular weight excluding hydrogens is 389 g/mol. The first kappa shape index (κ1) is 19.9. The Hall–Kier alpha value is -2.99. The normalized spacial score (nSPS) is 17.4. The quantitative estimate of drug-likeness (QED) is 0.650. The number of piperazine rings is 1.